The van der Waals surface area contributed by atoms with Crippen LogP contribution < -0.4 is 5.32 Å². The van der Waals surface area contributed by atoms with E-state index in [1.165, 1.54) is 35.1 Å². The fraction of sp³-hybridized carbons (Fsp3) is 0.350. The number of nitrogens with zero attached hydrogens (tertiary/aromatic N) is 1. The van der Waals surface area contributed by atoms with Gasteiger partial charge >= 0.3 is 5.97 Å². The van der Waals surface area contributed by atoms with E-state index in [1.807, 2.05) is 24.3 Å². The van der Waals surface area contributed by atoms with Gasteiger partial charge < -0.3 is 14.5 Å². The van der Waals surface area contributed by atoms with Crippen LogP contribution in [0.5, 0.6) is 0 Å². The third kappa shape index (κ3) is 3.93. The summed E-state index contributed by atoms with van der Waals surface area (Å²) in [6.45, 7) is 0. The first-order chi connectivity index (χ1) is 13.7. The van der Waals surface area contributed by atoms with Gasteiger partial charge in [-0.05, 0) is 43.4 Å². The largest absolute Gasteiger partial charge is 0.465 e. The van der Waals surface area contributed by atoms with Gasteiger partial charge in [0.25, 0.3) is 5.22 Å². The number of anilines is 1. The first kappa shape index (κ1) is 19.0. The number of thioether (sulfide) groups is 1. The number of amides is 1. The second-order valence-electron chi connectivity index (χ2n) is 6.50. The van der Waals surface area contributed by atoms with Crippen LogP contribution >= 0.6 is 23.1 Å². The Hall–Kier alpha value is -2.32. The second kappa shape index (κ2) is 8.36. The Morgan fingerprint density at radius 2 is 2.11 bits per heavy atom. The van der Waals surface area contributed by atoms with E-state index in [0.717, 1.165) is 42.3 Å². The Morgan fingerprint density at radius 1 is 1.29 bits per heavy atom. The third-order valence-electron chi connectivity index (χ3n) is 4.64. The van der Waals surface area contributed by atoms with Gasteiger partial charge in [0.1, 0.15) is 10.5 Å². The summed E-state index contributed by atoms with van der Waals surface area (Å²) in [6, 6.07) is 7.57. The lowest BCUT2D eigenvalue weighted by molar-refractivity contribution is -0.115. The molecule has 0 saturated heterocycles. The minimum Gasteiger partial charge on any atom is -0.465 e. The molecule has 1 amide bonds. The monoisotopic (exact) mass is 416 g/mol. The molecule has 0 radical (unpaired) electrons. The van der Waals surface area contributed by atoms with E-state index in [4.69, 9.17) is 9.15 Å². The van der Waals surface area contributed by atoms with Gasteiger partial charge in [-0.2, -0.15) is 0 Å². The van der Waals surface area contributed by atoms with Gasteiger partial charge in [0.15, 0.2) is 5.58 Å². The maximum absolute atomic E-state index is 12.4. The Labute approximate surface area is 170 Å². The SMILES string of the molecule is COC(=O)c1c(NC(=O)CCSc2nc3ccccc3o2)sc2c1CCCC2. The van der Waals surface area contributed by atoms with Gasteiger partial charge in [-0.1, -0.05) is 23.9 Å². The lowest BCUT2D eigenvalue weighted by atomic mass is 9.95. The number of aryl methyl sites for hydroxylation is 1. The summed E-state index contributed by atoms with van der Waals surface area (Å²) in [5.41, 5.74) is 3.11. The molecule has 8 heteroatoms. The van der Waals surface area contributed by atoms with Gasteiger partial charge in [0.2, 0.25) is 5.91 Å². The van der Waals surface area contributed by atoms with Crippen LogP contribution in [0.25, 0.3) is 11.1 Å². The van der Waals surface area contributed by atoms with Crippen molar-refractivity contribution in [1.82, 2.24) is 4.98 Å². The van der Waals surface area contributed by atoms with E-state index in [1.54, 1.807) is 0 Å². The molecular weight excluding hydrogens is 396 g/mol. The Kier molecular flexibility index (Phi) is 5.68. The van der Waals surface area contributed by atoms with Crippen molar-refractivity contribution in [2.24, 2.45) is 0 Å². The van der Waals surface area contributed by atoms with E-state index < -0.39 is 0 Å². The maximum atomic E-state index is 12.4. The molecule has 1 aliphatic rings. The first-order valence-electron chi connectivity index (χ1n) is 9.17. The lowest BCUT2D eigenvalue weighted by Crippen LogP contribution is -2.15. The van der Waals surface area contributed by atoms with Crippen LogP contribution in [0.2, 0.25) is 0 Å². The molecule has 0 unspecified atom stereocenters. The molecule has 0 atom stereocenters. The van der Waals surface area contributed by atoms with Gasteiger partial charge in [-0.15, -0.1) is 11.3 Å². The smallest absolute Gasteiger partial charge is 0.341 e. The van der Waals surface area contributed by atoms with E-state index in [0.29, 0.717) is 28.0 Å². The number of oxazole rings is 1. The number of esters is 1. The number of aromatic nitrogens is 1. The molecule has 0 bridgehead atoms. The molecule has 4 rings (SSSR count). The minimum absolute atomic E-state index is 0.132. The fourth-order valence-electron chi connectivity index (χ4n) is 3.30. The second-order valence-corrected chi connectivity index (χ2v) is 8.65. The number of benzene rings is 1. The van der Waals surface area contributed by atoms with Crippen LogP contribution in [0.4, 0.5) is 5.00 Å². The van der Waals surface area contributed by atoms with E-state index >= 15 is 0 Å². The quantitative estimate of drug-likeness (QED) is 0.464. The molecule has 0 saturated carbocycles. The molecule has 3 aromatic rings. The summed E-state index contributed by atoms with van der Waals surface area (Å²) in [6.07, 6.45) is 4.28. The average Bonchev–Trinajstić information content (AvgIpc) is 3.27. The zero-order chi connectivity index (χ0) is 19.5. The number of rotatable bonds is 6. The number of ether oxygens (including phenoxy) is 1. The van der Waals surface area contributed by atoms with E-state index in [2.05, 4.69) is 10.3 Å². The van der Waals surface area contributed by atoms with Crippen LogP contribution in [0.3, 0.4) is 0 Å². The molecule has 146 valence electrons. The zero-order valence-corrected chi connectivity index (χ0v) is 17.1. The highest BCUT2D eigenvalue weighted by Crippen LogP contribution is 2.38. The predicted molar refractivity (Wildman–Crippen MR) is 110 cm³/mol. The van der Waals surface area contributed by atoms with Crippen LogP contribution in [0, 0.1) is 0 Å². The highest BCUT2D eigenvalue weighted by atomic mass is 32.2. The van der Waals surface area contributed by atoms with Crippen LogP contribution in [0.15, 0.2) is 33.9 Å². The molecule has 2 heterocycles. The summed E-state index contributed by atoms with van der Waals surface area (Å²) in [5, 5.41) is 4.07. The van der Waals surface area contributed by atoms with Crippen LogP contribution in [-0.2, 0) is 22.4 Å². The van der Waals surface area contributed by atoms with Gasteiger partial charge in [0.05, 0.1) is 12.7 Å². The number of methoxy groups -OCH3 is 1. The number of fused-ring (bicyclic) bond motifs is 2. The Bertz CT molecular complexity index is 992. The van der Waals surface area contributed by atoms with Crippen molar-refractivity contribution in [3.63, 3.8) is 0 Å². The first-order valence-corrected chi connectivity index (χ1v) is 11.0. The normalized spacial score (nSPS) is 13.3. The Balaban J connectivity index is 1.39. The molecular formula is C20H20N2O4S2. The van der Waals surface area contributed by atoms with Crippen molar-refractivity contribution < 1.29 is 18.7 Å². The van der Waals surface area contributed by atoms with Gasteiger partial charge in [0, 0.05) is 17.1 Å². The molecule has 0 spiro atoms. The average molecular weight is 417 g/mol. The summed E-state index contributed by atoms with van der Waals surface area (Å²) in [7, 11) is 1.37. The maximum Gasteiger partial charge on any atom is 0.341 e. The summed E-state index contributed by atoms with van der Waals surface area (Å²) in [5.74, 6) is 0.0278. The fourth-order valence-corrected chi connectivity index (χ4v) is 5.37. The van der Waals surface area contributed by atoms with Crippen LogP contribution in [-0.4, -0.2) is 29.7 Å². The zero-order valence-electron chi connectivity index (χ0n) is 15.4. The summed E-state index contributed by atoms with van der Waals surface area (Å²) < 4.78 is 10.6. The number of para-hydroxylation sites is 2. The molecule has 0 aliphatic heterocycles. The molecule has 2 aromatic heterocycles. The molecule has 1 N–H and O–H groups in total. The topological polar surface area (TPSA) is 81.4 Å². The highest BCUT2D eigenvalue weighted by molar-refractivity contribution is 7.99. The molecule has 1 aromatic carbocycles. The van der Waals surface area contributed by atoms with Crippen molar-refractivity contribution in [3.8, 4) is 0 Å². The molecule has 0 fully saturated rings. The van der Waals surface area contributed by atoms with Crippen LogP contribution in [0.1, 0.15) is 40.1 Å². The van der Waals surface area contributed by atoms with Crippen molar-refractivity contribution in [1.29, 1.82) is 0 Å². The number of carbonyl (C=O) groups excluding carboxylic acids is 2. The Morgan fingerprint density at radius 3 is 2.93 bits per heavy atom. The number of carbonyl (C=O) groups is 2. The van der Waals surface area contributed by atoms with Crippen molar-refractivity contribution in [2.45, 2.75) is 37.3 Å². The summed E-state index contributed by atoms with van der Waals surface area (Å²) in [4.78, 5) is 30.2. The van der Waals surface area contributed by atoms with Gasteiger partial charge in [-0.3, -0.25) is 4.79 Å². The predicted octanol–water partition coefficient (Wildman–Crippen LogP) is 4.68. The van der Waals surface area contributed by atoms with Crippen molar-refractivity contribution in [2.75, 3.05) is 18.2 Å². The molecule has 6 nitrogen and oxygen atoms in total. The highest BCUT2D eigenvalue weighted by Gasteiger charge is 2.26. The van der Waals surface area contributed by atoms with E-state index in [9.17, 15) is 9.59 Å². The molecule has 1 aliphatic carbocycles. The van der Waals surface area contributed by atoms with Gasteiger partial charge in [-0.25, -0.2) is 9.78 Å². The summed E-state index contributed by atoms with van der Waals surface area (Å²) >= 11 is 2.90. The number of hydrogen-bond acceptors (Lipinski definition) is 7. The van der Waals surface area contributed by atoms with Crippen molar-refractivity contribution >= 4 is 51.1 Å². The molecule has 28 heavy (non-hydrogen) atoms. The number of thiophene rings is 1. The van der Waals surface area contributed by atoms with E-state index in [-0.39, 0.29) is 11.9 Å². The lowest BCUT2D eigenvalue weighted by Gasteiger charge is -2.11. The number of nitrogens with one attached hydrogen (secondary N) is 1. The standard InChI is InChI=1S/C20H20N2O4S2/c1-25-19(24)17-12-6-2-5-9-15(12)28-18(17)22-16(23)10-11-27-20-21-13-7-3-4-8-14(13)26-20/h3-4,7-8H,2,5-6,9-11H2,1H3,(H,22,23). The third-order valence-corrected chi connectivity index (χ3v) is 6.68. The minimum atomic E-state index is -0.379. The van der Waals surface area contributed by atoms with Crippen molar-refractivity contribution in [3.05, 3.63) is 40.3 Å². The number of hydrogen-bond donors (Lipinski definition) is 1.